The minimum absolute atomic E-state index is 0.582. The maximum absolute atomic E-state index is 8.87. The molecule has 1 aromatic rings. The normalized spacial score (nSPS) is 20.1. The fourth-order valence-corrected chi connectivity index (χ4v) is 2.51. The highest BCUT2D eigenvalue weighted by Crippen LogP contribution is 2.24. The lowest BCUT2D eigenvalue weighted by molar-refractivity contribution is 0.449. The molecule has 1 N–H and O–H groups in total. The van der Waals surface area contributed by atoms with Gasteiger partial charge in [0.05, 0.1) is 11.6 Å². The predicted molar refractivity (Wildman–Crippen MR) is 70.2 cm³/mol. The van der Waals surface area contributed by atoms with Crippen LogP contribution in [-0.2, 0) is 0 Å². The van der Waals surface area contributed by atoms with E-state index in [0.29, 0.717) is 6.04 Å². The van der Waals surface area contributed by atoms with Gasteiger partial charge in [-0.2, -0.15) is 5.26 Å². The van der Waals surface area contributed by atoms with Crippen molar-refractivity contribution in [3.63, 3.8) is 0 Å². The SMILES string of the molecule is CNC1CCCN(c2ccc(C#N)cc2C)C1. The Hall–Kier alpha value is -1.53. The van der Waals surface area contributed by atoms with Crippen molar-refractivity contribution in [1.29, 1.82) is 5.26 Å². The summed E-state index contributed by atoms with van der Waals surface area (Å²) in [5.41, 5.74) is 3.21. The lowest BCUT2D eigenvalue weighted by atomic mass is 10.0. The van der Waals surface area contributed by atoms with E-state index in [4.69, 9.17) is 5.26 Å². The Morgan fingerprint density at radius 2 is 2.29 bits per heavy atom. The molecule has 1 atom stereocenters. The zero-order chi connectivity index (χ0) is 12.3. The third-order valence-corrected chi connectivity index (χ3v) is 3.50. The number of anilines is 1. The van der Waals surface area contributed by atoms with Gasteiger partial charge in [-0.05, 0) is 50.6 Å². The average molecular weight is 229 g/mol. The van der Waals surface area contributed by atoms with Gasteiger partial charge in [-0.25, -0.2) is 0 Å². The van der Waals surface area contributed by atoms with Crippen molar-refractivity contribution < 1.29 is 0 Å². The van der Waals surface area contributed by atoms with E-state index < -0.39 is 0 Å². The van der Waals surface area contributed by atoms with E-state index in [0.717, 1.165) is 18.7 Å². The topological polar surface area (TPSA) is 39.1 Å². The second-order valence-electron chi connectivity index (χ2n) is 4.69. The second-order valence-corrected chi connectivity index (χ2v) is 4.69. The molecule has 3 heteroatoms. The van der Waals surface area contributed by atoms with Gasteiger partial charge in [-0.1, -0.05) is 0 Å². The first-order valence-electron chi connectivity index (χ1n) is 6.17. The summed E-state index contributed by atoms with van der Waals surface area (Å²) in [6, 6.07) is 8.72. The van der Waals surface area contributed by atoms with Crippen LogP contribution in [0.2, 0.25) is 0 Å². The number of benzene rings is 1. The van der Waals surface area contributed by atoms with Gasteiger partial charge in [-0.3, -0.25) is 0 Å². The minimum Gasteiger partial charge on any atom is -0.370 e. The van der Waals surface area contributed by atoms with Crippen molar-refractivity contribution in [2.45, 2.75) is 25.8 Å². The van der Waals surface area contributed by atoms with E-state index in [2.05, 4.69) is 29.3 Å². The lowest BCUT2D eigenvalue weighted by Crippen LogP contribution is -2.44. The number of hydrogen-bond donors (Lipinski definition) is 1. The van der Waals surface area contributed by atoms with Crippen LogP contribution < -0.4 is 10.2 Å². The first kappa shape index (κ1) is 11.9. The third kappa shape index (κ3) is 2.59. The van der Waals surface area contributed by atoms with Crippen molar-refractivity contribution in [3.8, 4) is 6.07 Å². The van der Waals surface area contributed by atoms with E-state index in [1.807, 2.05) is 19.2 Å². The van der Waals surface area contributed by atoms with Gasteiger partial charge >= 0.3 is 0 Å². The van der Waals surface area contributed by atoms with Gasteiger partial charge in [0.15, 0.2) is 0 Å². The number of nitrogens with zero attached hydrogens (tertiary/aromatic N) is 2. The molecule has 0 bridgehead atoms. The van der Waals surface area contributed by atoms with Crippen molar-refractivity contribution in [3.05, 3.63) is 29.3 Å². The molecular formula is C14H19N3. The summed E-state index contributed by atoms with van der Waals surface area (Å²) < 4.78 is 0. The molecule has 1 heterocycles. The van der Waals surface area contributed by atoms with Crippen molar-refractivity contribution >= 4 is 5.69 Å². The van der Waals surface area contributed by atoms with E-state index >= 15 is 0 Å². The number of likely N-dealkylation sites (N-methyl/N-ethyl adjacent to an activating group) is 1. The molecule has 17 heavy (non-hydrogen) atoms. The Balaban J connectivity index is 2.19. The number of aryl methyl sites for hydroxylation is 1. The van der Waals surface area contributed by atoms with Gasteiger partial charge in [0, 0.05) is 24.8 Å². The Bertz CT molecular complexity index is 434. The molecule has 0 amide bonds. The molecule has 0 saturated carbocycles. The highest BCUT2D eigenvalue weighted by atomic mass is 15.2. The summed E-state index contributed by atoms with van der Waals surface area (Å²) in [5.74, 6) is 0. The van der Waals surface area contributed by atoms with Crippen molar-refractivity contribution in [2.75, 3.05) is 25.0 Å². The Morgan fingerprint density at radius 1 is 1.47 bits per heavy atom. The van der Waals surface area contributed by atoms with Gasteiger partial charge in [0.2, 0.25) is 0 Å². The minimum atomic E-state index is 0.582. The monoisotopic (exact) mass is 229 g/mol. The molecule has 0 spiro atoms. The summed E-state index contributed by atoms with van der Waals surface area (Å²) in [7, 11) is 2.03. The van der Waals surface area contributed by atoms with E-state index in [1.165, 1.54) is 24.1 Å². The zero-order valence-corrected chi connectivity index (χ0v) is 10.5. The second kappa shape index (κ2) is 5.20. The quantitative estimate of drug-likeness (QED) is 0.843. The third-order valence-electron chi connectivity index (χ3n) is 3.50. The van der Waals surface area contributed by atoms with Crippen LogP contribution in [0.1, 0.15) is 24.0 Å². The Labute approximate surface area is 103 Å². The molecular weight excluding hydrogens is 210 g/mol. The molecule has 1 fully saturated rings. The van der Waals surface area contributed by atoms with Crippen LogP contribution in [0.4, 0.5) is 5.69 Å². The van der Waals surface area contributed by atoms with Crippen LogP contribution in [0.3, 0.4) is 0 Å². The largest absolute Gasteiger partial charge is 0.370 e. The van der Waals surface area contributed by atoms with E-state index in [-0.39, 0.29) is 0 Å². The van der Waals surface area contributed by atoms with Crippen LogP contribution >= 0.6 is 0 Å². The predicted octanol–water partition coefficient (Wildman–Crippen LogP) is 2.05. The molecule has 1 saturated heterocycles. The molecule has 0 aliphatic carbocycles. The molecule has 1 aliphatic heterocycles. The molecule has 0 radical (unpaired) electrons. The highest BCUT2D eigenvalue weighted by molar-refractivity contribution is 5.56. The zero-order valence-electron chi connectivity index (χ0n) is 10.5. The number of nitrogens with one attached hydrogen (secondary N) is 1. The first-order valence-corrected chi connectivity index (χ1v) is 6.17. The van der Waals surface area contributed by atoms with Crippen LogP contribution in [0.25, 0.3) is 0 Å². The standard InChI is InChI=1S/C14H19N3/c1-11-8-12(9-15)5-6-14(11)17-7-3-4-13(10-17)16-2/h5-6,8,13,16H,3-4,7,10H2,1-2H3. The average Bonchev–Trinajstić information content (AvgIpc) is 2.38. The summed E-state index contributed by atoms with van der Waals surface area (Å²) in [5, 5.41) is 12.2. The van der Waals surface area contributed by atoms with Crippen molar-refractivity contribution in [1.82, 2.24) is 5.32 Å². The molecule has 90 valence electrons. The maximum atomic E-state index is 8.87. The Kier molecular flexibility index (Phi) is 3.65. The number of nitriles is 1. The van der Waals surface area contributed by atoms with Gasteiger partial charge in [-0.15, -0.1) is 0 Å². The van der Waals surface area contributed by atoms with Gasteiger partial charge < -0.3 is 10.2 Å². The smallest absolute Gasteiger partial charge is 0.0991 e. The van der Waals surface area contributed by atoms with Crippen LogP contribution in [0, 0.1) is 18.3 Å². The highest BCUT2D eigenvalue weighted by Gasteiger charge is 2.19. The fraction of sp³-hybridized carbons (Fsp3) is 0.500. The summed E-state index contributed by atoms with van der Waals surface area (Å²) in [6.45, 7) is 4.26. The first-order chi connectivity index (χ1) is 8.24. The molecule has 1 aromatic carbocycles. The van der Waals surface area contributed by atoms with Crippen LogP contribution in [-0.4, -0.2) is 26.2 Å². The van der Waals surface area contributed by atoms with Crippen molar-refractivity contribution in [2.24, 2.45) is 0 Å². The lowest BCUT2D eigenvalue weighted by Gasteiger charge is -2.35. The van der Waals surface area contributed by atoms with Gasteiger partial charge in [0.1, 0.15) is 0 Å². The molecule has 3 nitrogen and oxygen atoms in total. The molecule has 2 rings (SSSR count). The molecule has 0 aromatic heterocycles. The van der Waals surface area contributed by atoms with Gasteiger partial charge in [0.25, 0.3) is 0 Å². The Morgan fingerprint density at radius 3 is 2.94 bits per heavy atom. The fourth-order valence-electron chi connectivity index (χ4n) is 2.51. The number of rotatable bonds is 2. The van der Waals surface area contributed by atoms with Crippen LogP contribution in [0.5, 0.6) is 0 Å². The summed E-state index contributed by atoms with van der Waals surface area (Å²) in [6.07, 6.45) is 2.48. The maximum Gasteiger partial charge on any atom is 0.0991 e. The molecule has 1 unspecified atom stereocenters. The van der Waals surface area contributed by atoms with E-state index in [9.17, 15) is 0 Å². The number of hydrogen-bond acceptors (Lipinski definition) is 3. The van der Waals surface area contributed by atoms with E-state index in [1.54, 1.807) is 0 Å². The number of piperidine rings is 1. The summed E-state index contributed by atoms with van der Waals surface area (Å²) in [4.78, 5) is 2.42. The molecule has 1 aliphatic rings. The summed E-state index contributed by atoms with van der Waals surface area (Å²) >= 11 is 0. The van der Waals surface area contributed by atoms with Crippen LogP contribution in [0.15, 0.2) is 18.2 Å².